The van der Waals surface area contributed by atoms with E-state index in [0.717, 1.165) is 36.4 Å². The van der Waals surface area contributed by atoms with Gasteiger partial charge in [0.2, 0.25) is 0 Å². The SMILES string of the molecule is COc1ccc(-c2ccc3c(n2)CCCN3)cc1. The number of anilines is 1. The minimum atomic E-state index is 0.873. The van der Waals surface area contributed by atoms with Gasteiger partial charge in [-0.15, -0.1) is 0 Å². The van der Waals surface area contributed by atoms with Gasteiger partial charge in [0.1, 0.15) is 5.75 Å². The van der Waals surface area contributed by atoms with Gasteiger partial charge in [-0.05, 0) is 49.2 Å². The summed E-state index contributed by atoms with van der Waals surface area (Å²) in [6.07, 6.45) is 2.22. The molecule has 1 aliphatic rings. The molecule has 0 spiro atoms. The zero-order valence-corrected chi connectivity index (χ0v) is 10.4. The Morgan fingerprint density at radius 1 is 1.11 bits per heavy atom. The van der Waals surface area contributed by atoms with Crippen LogP contribution in [0.25, 0.3) is 11.3 Å². The topological polar surface area (TPSA) is 34.1 Å². The van der Waals surface area contributed by atoms with Crippen LogP contribution >= 0.6 is 0 Å². The molecule has 3 rings (SSSR count). The first kappa shape index (κ1) is 11.1. The monoisotopic (exact) mass is 240 g/mol. The predicted molar refractivity (Wildman–Crippen MR) is 73.0 cm³/mol. The summed E-state index contributed by atoms with van der Waals surface area (Å²) in [5.74, 6) is 0.873. The molecule has 2 aromatic rings. The van der Waals surface area contributed by atoms with Gasteiger partial charge in [-0.2, -0.15) is 0 Å². The lowest BCUT2D eigenvalue weighted by Gasteiger charge is -2.17. The van der Waals surface area contributed by atoms with Crippen molar-refractivity contribution < 1.29 is 4.74 Å². The van der Waals surface area contributed by atoms with Gasteiger partial charge in [-0.1, -0.05) is 0 Å². The quantitative estimate of drug-likeness (QED) is 0.875. The summed E-state index contributed by atoms with van der Waals surface area (Å²) < 4.78 is 5.17. The standard InChI is InChI=1S/C15H16N2O/c1-18-12-6-4-11(5-7-12)13-8-9-14-15(17-13)3-2-10-16-14/h4-9,16H,2-3,10H2,1H3. The van der Waals surface area contributed by atoms with Gasteiger partial charge in [0, 0.05) is 12.1 Å². The fourth-order valence-corrected chi connectivity index (χ4v) is 2.25. The second-order valence-electron chi connectivity index (χ2n) is 4.45. The van der Waals surface area contributed by atoms with Crippen LogP contribution in [-0.2, 0) is 6.42 Å². The van der Waals surface area contributed by atoms with Crippen LogP contribution in [0.1, 0.15) is 12.1 Å². The maximum Gasteiger partial charge on any atom is 0.118 e. The number of nitrogens with one attached hydrogen (secondary N) is 1. The largest absolute Gasteiger partial charge is 0.497 e. The molecule has 0 bridgehead atoms. The molecule has 1 aromatic heterocycles. The molecule has 1 aliphatic heterocycles. The van der Waals surface area contributed by atoms with E-state index in [0.29, 0.717) is 0 Å². The smallest absolute Gasteiger partial charge is 0.118 e. The number of aryl methyl sites for hydroxylation is 1. The van der Waals surface area contributed by atoms with Crippen molar-refractivity contribution in [1.82, 2.24) is 4.98 Å². The Morgan fingerprint density at radius 2 is 1.94 bits per heavy atom. The van der Waals surface area contributed by atoms with Crippen molar-refractivity contribution in [3.63, 3.8) is 0 Å². The third kappa shape index (κ3) is 2.04. The number of aromatic nitrogens is 1. The van der Waals surface area contributed by atoms with Crippen LogP contribution < -0.4 is 10.1 Å². The number of ether oxygens (including phenoxy) is 1. The molecule has 0 fully saturated rings. The van der Waals surface area contributed by atoms with Gasteiger partial charge in [0.05, 0.1) is 24.2 Å². The lowest BCUT2D eigenvalue weighted by atomic mass is 10.1. The number of rotatable bonds is 2. The van der Waals surface area contributed by atoms with Crippen molar-refractivity contribution >= 4 is 5.69 Å². The molecule has 92 valence electrons. The molecule has 18 heavy (non-hydrogen) atoms. The van der Waals surface area contributed by atoms with Crippen LogP contribution in [0.4, 0.5) is 5.69 Å². The first-order chi connectivity index (χ1) is 8.86. The number of nitrogens with zero attached hydrogens (tertiary/aromatic N) is 1. The average Bonchev–Trinajstić information content (AvgIpc) is 2.47. The van der Waals surface area contributed by atoms with E-state index in [1.54, 1.807) is 7.11 Å². The van der Waals surface area contributed by atoms with Crippen molar-refractivity contribution in [3.05, 3.63) is 42.1 Å². The van der Waals surface area contributed by atoms with Gasteiger partial charge in [0.25, 0.3) is 0 Å². The molecule has 2 heterocycles. The number of hydrogen-bond acceptors (Lipinski definition) is 3. The maximum atomic E-state index is 5.17. The highest BCUT2D eigenvalue weighted by molar-refractivity contribution is 5.64. The van der Waals surface area contributed by atoms with Crippen LogP contribution in [0, 0.1) is 0 Å². The Hall–Kier alpha value is -2.03. The van der Waals surface area contributed by atoms with Gasteiger partial charge < -0.3 is 10.1 Å². The van der Waals surface area contributed by atoms with Crippen molar-refractivity contribution in [2.45, 2.75) is 12.8 Å². The highest BCUT2D eigenvalue weighted by atomic mass is 16.5. The number of hydrogen-bond donors (Lipinski definition) is 1. The first-order valence-corrected chi connectivity index (χ1v) is 6.25. The molecular formula is C15H16N2O. The van der Waals surface area contributed by atoms with E-state index in [2.05, 4.69) is 17.4 Å². The molecule has 0 saturated carbocycles. The van der Waals surface area contributed by atoms with Gasteiger partial charge in [0.15, 0.2) is 0 Å². The third-order valence-corrected chi connectivity index (χ3v) is 3.27. The number of benzene rings is 1. The molecule has 0 radical (unpaired) electrons. The average molecular weight is 240 g/mol. The van der Waals surface area contributed by atoms with Crippen molar-refractivity contribution in [3.8, 4) is 17.0 Å². The Bertz CT molecular complexity index is 549. The molecule has 3 nitrogen and oxygen atoms in total. The fraction of sp³-hybridized carbons (Fsp3) is 0.267. The zero-order chi connectivity index (χ0) is 12.4. The van der Waals surface area contributed by atoms with E-state index in [1.165, 1.54) is 11.4 Å². The lowest BCUT2D eigenvalue weighted by Crippen LogP contribution is -2.13. The Kier molecular flexibility index (Phi) is 2.89. The maximum absolute atomic E-state index is 5.17. The normalized spacial score (nSPS) is 13.6. The van der Waals surface area contributed by atoms with Crippen LogP contribution in [0.5, 0.6) is 5.75 Å². The lowest BCUT2D eigenvalue weighted by molar-refractivity contribution is 0.415. The molecule has 0 aliphatic carbocycles. The van der Waals surface area contributed by atoms with E-state index >= 15 is 0 Å². The molecule has 0 atom stereocenters. The minimum Gasteiger partial charge on any atom is -0.497 e. The molecule has 1 N–H and O–H groups in total. The summed E-state index contributed by atoms with van der Waals surface area (Å²) in [6.45, 7) is 1.05. The van der Waals surface area contributed by atoms with Crippen LogP contribution in [0.2, 0.25) is 0 Å². The highest BCUT2D eigenvalue weighted by Gasteiger charge is 2.10. The van der Waals surface area contributed by atoms with Crippen molar-refractivity contribution in [2.75, 3.05) is 19.0 Å². The number of pyridine rings is 1. The summed E-state index contributed by atoms with van der Waals surface area (Å²) in [7, 11) is 1.68. The number of fused-ring (bicyclic) bond motifs is 1. The van der Waals surface area contributed by atoms with Gasteiger partial charge >= 0.3 is 0 Å². The second-order valence-corrected chi connectivity index (χ2v) is 4.45. The first-order valence-electron chi connectivity index (χ1n) is 6.25. The van der Waals surface area contributed by atoms with Crippen LogP contribution in [0.3, 0.4) is 0 Å². The third-order valence-electron chi connectivity index (χ3n) is 3.27. The van der Waals surface area contributed by atoms with Crippen LogP contribution in [0.15, 0.2) is 36.4 Å². The molecule has 0 unspecified atom stereocenters. The predicted octanol–water partition coefficient (Wildman–Crippen LogP) is 3.12. The summed E-state index contributed by atoms with van der Waals surface area (Å²) in [5, 5.41) is 3.38. The number of methoxy groups -OCH3 is 1. The summed E-state index contributed by atoms with van der Waals surface area (Å²) in [4.78, 5) is 4.74. The minimum absolute atomic E-state index is 0.873. The van der Waals surface area contributed by atoms with Crippen molar-refractivity contribution in [2.24, 2.45) is 0 Å². The van der Waals surface area contributed by atoms with E-state index in [1.807, 2.05) is 24.3 Å². The van der Waals surface area contributed by atoms with Crippen LogP contribution in [-0.4, -0.2) is 18.6 Å². The van der Waals surface area contributed by atoms with Crippen molar-refractivity contribution in [1.29, 1.82) is 0 Å². The summed E-state index contributed by atoms with van der Waals surface area (Å²) in [6, 6.07) is 12.2. The van der Waals surface area contributed by atoms with E-state index in [4.69, 9.17) is 9.72 Å². The summed E-state index contributed by atoms with van der Waals surface area (Å²) in [5.41, 5.74) is 4.51. The molecule has 1 aromatic carbocycles. The Morgan fingerprint density at radius 3 is 2.72 bits per heavy atom. The van der Waals surface area contributed by atoms with E-state index in [9.17, 15) is 0 Å². The van der Waals surface area contributed by atoms with Gasteiger partial charge in [-0.3, -0.25) is 4.98 Å². The van der Waals surface area contributed by atoms with Gasteiger partial charge in [-0.25, -0.2) is 0 Å². The fourth-order valence-electron chi connectivity index (χ4n) is 2.25. The van der Waals surface area contributed by atoms with E-state index < -0.39 is 0 Å². The highest BCUT2D eigenvalue weighted by Crippen LogP contribution is 2.26. The Balaban J connectivity index is 1.95. The second kappa shape index (κ2) is 4.69. The Labute approximate surface area is 107 Å². The summed E-state index contributed by atoms with van der Waals surface area (Å²) >= 11 is 0. The molecular weight excluding hydrogens is 224 g/mol. The van der Waals surface area contributed by atoms with E-state index in [-0.39, 0.29) is 0 Å². The molecule has 0 saturated heterocycles. The molecule has 3 heteroatoms. The zero-order valence-electron chi connectivity index (χ0n) is 10.4. The molecule has 0 amide bonds.